The molecule has 0 spiro atoms. The number of nitriles is 1. The summed E-state index contributed by atoms with van der Waals surface area (Å²) in [5, 5.41) is 15.6. The first-order valence-electron chi connectivity index (χ1n) is 6.98. The molecule has 0 heterocycles. The van der Waals surface area contributed by atoms with Gasteiger partial charge in [-0.15, -0.1) is 0 Å². The lowest BCUT2D eigenvalue weighted by Crippen LogP contribution is -2.29. The summed E-state index contributed by atoms with van der Waals surface area (Å²) in [4.78, 5) is 0. The zero-order valence-corrected chi connectivity index (χ0v) is 13.2. The van der Waals surface area contributed by atoms with Crippen molar-refractivity contribution in [3.05, 3.63) is 42.0 Å². The van der Waals surface area contributed by atoms with Crippen molar-refractivity contribution < 1.29 is 0 Å². The Balaban J connectivity index is 2.25. The molecule has 21 heavy (non-hydrogen) atoms. The number of nitrogens with zero attached hydrogens (tertiary/aromatic N) is 1. The Hall–Kier alpha value is -1.90. The van der Waals surface area contributed by atoms with Crippen molar-refractivity contribution in [3.63, 3.8) is 0 Å². The molecule has 1 unspecified atom stereocenters. The summed E-state index contributed by atoms with van der Waals surface area (Å²) in [5.74, 6) is 0. The number of hydrogen-bond donors (Lipinski definition) is 3. The minimum Gasteiger partial charge on any atom is -0.362 e. The zero-order valence-electron chi connectivity index (χ0n) is 12.4. The van der Waals surface area contributed by atoms with Gasteiger partial charge in [-0.1, -0.05) is 18.2 Å². The lowest BCUT2D eigenvalue weighted by molar-refractivity contribution is 0.681. The fourth-order valence-corrected chi connectivity index (χ4v) is 2.16. The zero-order chi connectivity index (χ0) is 15.7. The largest absolute Gasteiger partial charge is 0.362 e. The maximum Gasteiger partial charge on any atom is 0.170 e. The Morgan fingerprint density at radius 2 is 2.29 bits per heavy atom. The highest BCUT2D eigenvalue weighted by molar-refractivity contribution is 7.80. The summed E-state index contributed by atoms with van der Waals surface area (Å²) in [6, 6.07) is 9.48. The van der Waals surface area contributed by atoms with Crippen LogP contribution in [0.2, 0.25) is 0 Å². The third-order valence-electron chi connectivity index (χ3n) is 2.85. The van der Waals surface area contributed by atoms with Crippen LogP contribution in [-0.4, -0.2) is 17.7 Å². The van der Waals surface area contributed by atoms with Crippen molar-refractivity contribution in [1.82, 2.24) is 5.32 Å². The second-order valence-corrected chi connectivity index (χ2v) is 5.52. The molecule has 0 fully saturated rings. The fourth-order valence-electron chi connectivity index (χ4n) is 1.94. The maximum absolute atomic E-state index is 8.84. The van der Waals surface area contributed by atoms with E-state index >= 15 is 0 Å². The normalized spacial score (nSPS) is 11.3. The first-order valence-corrected chi connectivity index (χ1v) is 7.39. The SMILES string of the molecule is C=C(CCCNC(=S)Nc1cccc(C#N)c1)CC(C)N. The Morgan fingerprint density at radius 3 is 2.95 bits per heavy atom. The summed E-state index contributed by atoms with van der Waals surface area (Å²) < 4.78 is 0. The van der Waals surface area contributed by atoms with Gasteiger partial charge in [-0.2, -0.15) is 5.26 Å². The average molecular weight is 302 g/mol. The number of nitrogens with two attached hydrogens (primary N) is 1. The highest BCUT2D eigenvalue weighted by atomic mass is 32.1. The van der Waals surface area contributed by atoms with Crippen molar-refractivity contribution in [2.24, 2.45) is 5.73 Å². The van der Waals surface area contributed by atoms with Gasteiger partial charge >= 0.3 is 0 Å². The second kappa shape index (κ2) is 9.11. The fraction of sp³-hybridized carbons (Fsp3) is 0.375. The molecule has 1 atom stereocenters. The summed E-state index contributed by atoms with van der Waals surface area (Å²) in [6.45, 7) is 6.77. The second-order valence-electron chi connectivity index (χ2n) is 5.11. The molecular formula is C16H22N4S. The lowest BCUT2D eigenvalue weighted by atomic mass is 10.1. The molecular weight excluding hydrogens is 280 g/mol. The Labute approximate surface area is 132 Å². The van der Waals surface area contributed by atoms with Crippen LogP contribution in [-0.2, 0) is 0 Å². The van der Waals surface area contributed by atoms with Crippen LogP contribution in [0.4, 0.5) is 5.69 Å². The molecule has 0 radical (unpaired) electrons. The monoisotopic (exact) mass is 302 g/mol. The van der Waals surface area contributed by atoms with Crippen molar-refractivity contribution >= 4 is 23.0 Å². The van der Waals surface area contributed by atoms with Crippen molar-refractivity contribution in [2.75, 3.05) is 11.9 Å². The van der Waals surface area contributed by atoms with Gasteiger partial charge in [0.25, 0.3) is 0 Å². The molecule has 112 valence electrons. The van der Waals surface area contributed by atoms with Crippen molar-refractivity contribution in [2.45, 2.75) is 32.2 Å². The van der Waals surface area contributed by atoms with Crippen LogP contribution in [0.3, 0.4) is 0 Å². The van der Waals surface area contributed by atoms with Gasteiger partial charge in [0.1, 0.15) is 0 Å². The van der Waals surface area contributed by atoms with E-state index in [0.717, 1.165) is 31.5 Å². The van der Waals surface area contributed by atoms with Crippen LogP contribution in [0.15, 0.2) is 36.4 Å². The van der Waals surface area contributed by atoms with E-state index in [-0.39, 0.29) is 6.04 Å². The Bertz CT molecular complexity index is 531. The van der Waals surface area contributed by atoms with Crippen LogP contribution in [0.1, 0.15) is 31.7 Å². The minimum absolute atomic E-state index is 0.167. The van der Waals surface area contributed by atoms with Crippen LogP contribution in [0.25, 0.3) is 0 Å². The molecule has 0 bridgehead atoms. The highest BCUT2D eigenvalue weighted by Crippen LogP contribution is 2.10. The van der Waals surface area contributed by atoms with E-state index in [0.29, 0.717) is 10.7 Å². The molecule has 0 saturated heterocycles. The molecule has 4 nitrogen and oxygen atoms in total. The third kappa shape index (κ3) is 7.45. The standard InChI is InChI=1S/C16H22N4S/c1-12(9-13(2)18)5-4-8-19-16(21)20-15-7-3-6-14(10-15)11-17/h3,6-7,10,13H,1,4-5,8-9,18H2,2H3,(H2,19,20,21). The van der Waals surface area contributed by atoms with Crippen LogP contribution < -0.4 is 16.4 Å². The molecule has 0 aliphatic carbocycles. The number of hydrogen-bond acceptors (Lipinski definition) is 3. The lowest BCUT2D eigenvalue weighted by Gasteiger charge is -2.12. The summed E-state index contributed by atoms with van der Waals surface area (Å²) >= 11 is 5.22. The Kier molecular flexibility index (Phi) is 7.44. The molecule has 0 aliphatic heterocycles. The van der Waals surface area contributed by atoms with Crippen LogP contribution in [0.5, 0.6) is 0 Å². The van der Waals surface area contributed by atoms with Gasteiger partial charge in [0.15, 0.2) is 5.11 Å². The predicted octanol–water partition coefficient (Wildman–Crippen LogP) is 2.92. The molecule has 0 amide bonds. The van der Waals surface area contributed by atoms with Gasteiger partial charge in [-0.25, -0.2) is 0 Å². The van der Waals surface area contributed by atoms with Gasteiger partial charge in [0, 0.05) is 18.3 Å². The smallest absolute Gasteiger partial charge is 0.170 e. The number of rotatable bonds is 7. The average Bonchev–Trinajstić information content (AvgIpc) is 2.43. The molecule has 4 N–H and O–H groups in total. The number of thiocarbonyl (C=S) groups is 1. The number of nitrogens with one attached hydrogen (secondary N) is 2. The van der Waals surface area contributed by atoms with E-state index < -0.39 is 0 Å². The molecule has 0 aromatic heterocycles. The molecule has 1 aromatic rings. The van der Waals surface area contributed by atoms with Crippen molar-refractivity contribution in [1.29, 1.82) is 5.26 Å². The summed E-state index contributed by atoms with van der Waals surface area (Å²) in [5.41, 5.74) is 8.32. The van der Waals surface area contributed by atoms with E-state index in [1.807, 2.05) is 19.1 Å². The van der Waals surface area contributed by atoms with E-state index in [4.69, 9.17) is 23.2 Å². The maximum atomic E-state index is 8.84. The highest BCUT2D eigenvalue weighted by Gasteiger charge is 2.01. The van der Waals surface area contributed by atoms with Gasteiger partial charge in [-0.3, -0.25) is 0 Å². The molecule has 0 aliphatic rings. The van der Waals surface area contributed by atoms with Crippen LogP contribution in [0, 0.1) is 11.3 Å². The van der Waals surface area contributed by atoms with Gasteiger partial charge in [0.2, 0.25) is 0 Å². The predicted molar refractivity (Wildman–Crippen MR) is 92.0 cm³/mol. The third-order valence-corrected chi connectivity index (χ3v) is 3.10. The van der Waals surface area contributed by atoms with Crippen LogP contribution >= 0.6 is 12.2 Å². The first-order chi connectivity index (χ1) is 10.0. The summed E-state index contributed by atoms with van der Waals surface area (Å²) in [6.07, 6.45) is 2.77. The van der Waals surface area contributed by atoms with Gasteiger partial charge in [-0.05, 0) is 56.6 Å². The van der Waals surface area contributed by atoms with E-state index in [2.05, 4.69) is 23.3 Å². The van der Waals surface area contributed by atoms with Gasteiger partial charge < -0.3 is 16.4 Å². The van der Waals surface area contributed by atoms with E-state index in [1.165, 1.54) is 5.57 Å². The number of benzene rings is 1. The molecule has 0 saturated carbocycles. The molecule has 1 aromatic carbocycles. The van der Waals surface area contributed by atoms with E-state index in [9.17, 15) is 0 Å². The topological polar surface area (TPSA) is 73.9 Å². The van der Waals surface area contributed by atoms with Gasteiger partial charge in [0.05, 0.1) is 11.6 Å². The number of anilines is 1. The Morgan fingerprint density at radius 1 is 1.52 bits per heavy atom. The molecule has 5 heteroatoms. The quantitative estimate of drug-likeness (QED) is 0.410. The summed E-state index contributed by atoms with van der Waals surface area (Å²) in [7, 11) is 0. The van der Waals surface area contributed by atoms with Crippen molar-refractivity contribution in [3.8, 4) is 6.07 Å². The minimum atomic E-state index is 0.167. The first kappa shape index (κ1) is 17.2. The van der Waals surface area contributed by atoms with E-state index in [1.54, 1.807) is 12.1 Å². The molecule has 1 rings (SSSR count).